The Morgan fingerprint density at radius 3 is 2.43 bits per heavy atom. The van der Waals surface area contributed by atoms with Gasteiger partial charge in [-0.3, -0.25) is 11.3 Å². The molecule has 1 aliphatic rings. The molecular formula is C17H28N2O2. The molecule has 0 saturated heterocycles. The monoisotopic (exact) mass is 292 g/mol. The Balaban J connectivity index is 2.20. The van der Waals surface area contributed by atoms with E-state index in [9.17, 15) is 0 Å². The SMILES string of the molecule is CCC1CCC(C(NN)c2cc(OC)ccc2OC)CC1. The minimum atomic E-state index is 0.118. The fraction of sp³-hybridized carbons (Fsp3) is 0.647. The topological polar surface area (TPSA) is 56.5 Å². The third-order valence-electron chi connectivity index (χ3n) is 4.89. The number of methoxy groups -OCH3 is 2. The van der Waals surface area contributed by atoms with Crippen molar-refractivity contribution < 1.29 is 9.47 Å². The molecule has 118 valence electrons. The van der Waals surface area contributed by atoms with Gasteiger partial charge in [0.05, 0.1) is 20.3 Å². The number of nitrogens with two attached hydrogens (primary N) is 1. The van der Waals surface area contributed by atoms with Crippen LogP contribution in [0.5, 0.6) is 11.5 Å². The Morgan fingerprint density at radius 2 is 1.90 bits per heavy atom. The molecule has 1 fully saturated rings. The van der Waals surface area contributed by atoms with Crippen molar-refractivity contribution in [3.63, 3.8) is 0 Å². The standard InChI is InChI=1S/C17H28N2O2/c1-4-12-5-7-13(8-6-12)17(19-18)15-11-14(20-2)9-10-16(15)21-3/h9-13,17,19H,4-8,18H2,1-3H3. The lowest BCUT2D eigenvalue weighted by molar-refractivity contribution is 0.216. The zero-order chi connectivity index (χ0) is 15.2. The van der Waals surface area contributed by atoms with E-state index in [1.165, 1.54) is 32.1 Å². The largest absolute Gasteiger partial charge is 0.497 e. The highest BCUT2D eigenvalue weighted by Gasteiger charge is 2.29. The summed E-state index contributed by atoms with van der Waals surface area (Å²) >= 11 is 0. The van der Waals surface area contributed by atoms with Gasteiger partial charge in [0.1, 0.15) is 11.5 Å². The molecule has 1 aromatic carbocycles. The van der Waals surface area contributed by atoms with Crippen molar-refractivity contribution in [2.24, 2.45) is 17.7 Å². The molecule has 0 aromatic heterocycles. The number of rotatable bonds is 6. The molecule has 0 amide bonds. The molecular weight excluding hydrogens is 264 g/mol. The fourth-order valence-corrected chi connectivity index (χ4v) is 3.49. The summed E-state index contributed by atoms with van der Waals surface area (Å²) in [4.78, 5) is 0. The average molecular weight is 292 g/mol. The Hall–Kier alpha value is -1.26. The molecule has 0 aliphatic heterocycles. The maximum absolute atomic E-state index is 5.87. The fourth-order valence-electron chi connectivity index (χ4n) is 3.49. The molecule has 0 bridgehead atoms. The van der Waals surface area contributed by atoms with Crippen molar-refractivity contribution >= 4 is 0 Å². The smallest absolute Gasteiger partial charge is 0.123 e. The molecule has 3 N–H and O–H groups in total. The molecule has 21 heavy (non-hydrogen) atoms. The van der Waals surface area contributed by atoms with Gasteiger partial charge >= 0.3 is 0 Å². The van der Waals surface area contributed by atoms with Crippen LogP contribution in [0.2, 0.25) is 0 Å². The Morgan fingerprint density at radius 1 is 1.19 bits per heavy atom. The van der Waals surface area contributed by atoms with Gasteiger partial charge in [-0.15, -0.1) is 0 Å². The molecule has 0 spiro atoms. The summed E-state index contributed by atoms with van der Waals surface area (Å²) < 4.78 is 10.9. The normalized spacial score (nSPS) is 23.6. The Kier molecular flexibility index (Phi) is 5.88. The van der Waals surface area contributed by atoms with Crippen molar-refractivity contribution in [1.29, 1.82) is 0 Å². The van der Waals surface area contributed by atoms with Crippen molar-refractivity contribution in [3.8, 4) is 11.5 Å². The van der Waals surface area contributed by atoms with Crippen LogP contribution in [0.15, 0.2) is 18.2 Å². The van der Waals surface area contributed by atoms with E-state index in [4.69, 9.17) is 15.3 Å². The number of nitrogens with one attached hydrogen (secondary N) is 1. The van der Waals surface area contributed by atoms with Crippen LogP contribution in [0.1, 0.15) is 50.6 Å². The number of ether oxygens (including phenoxy) is 2. The van der Waals surface area contributed by atoms with Gasteiger partial charge in [-0.2, -0.15) is 0 Å². The summed E-state index contributed by atoms with van der Waals surface area (Å²) in [5.74, 6) is 9.02. The third kappa shape index (κ3) is 3.69. The molecule has 1 atom stereocenters. The van der Waals surface area contributed by atoms with E-state index >= 15 is 0 Å². The number of hydrogen-bond acceptors (Lipinski definition) is 4. The minimum absolute atomic E-state index is 0.118. The number of benzene rings is 1. The van der Waals surface area contributed by atoms with Crippen LogP contribution in [-0.4, -0.2) is 14.2 Å². The summed E-state index contributed by atoms with van der Waals surface area (Å²) in [6.45, 7) is 2.29. The van der Waals surface area contributed by atoms with Gasteiger partial charge in [0.15, 0.2) is 0 Å². The van der Waals surface area contributed by atoms with E-state index in [0.717, 1.165) is 23.0 Å². The van der Waals surface area contributed by atoms with Crippen LogP contribution >= 0.6 is 0 Å². The molecule has 1 aliphatic carbocycles. The highest BCUT2D eigenvalue weighted by Crippen LogP contribution is 2.41. The number of hydrazine groups is 1. The first-order chi connectivity index (χ1) is 10.2. The first-order valence-electron chi connectivity index (χ1n) is 7.91. The van der Waals surface area contributed by atoms with E-state index in [1.807, 2.05) is 18.2 Å². The van der Waals surface area contributed by atoms with Crippen LogP contribution < -0.4 is 20.7 Å². The zero-order valence-electron chi connectivity index (χ0n) is 13.4. The van der Waals surface area contributed by atoms with Crippen molar-refractivity contribution in [2.75, 3.05) is 14.2 Å². The van der Waals surface area contributed by atoms with Crippen molar-refractivity contribution in [1.82, 2.24) is 5.43 Å². The maximum Gasteiger partial charge on any atom is 0.123 e. The van der Waals surface area contributed by atoms with Crippen molar-refractivity contribution in [2.45, 2.75) is 45.1 Å². The van der Waals surface area contributed by atoms with Gasteiger partial charge in [0, 0.05) is 5.56 Å². The molecule has 0 heterocycles. The van der Waals surface area contributed by atoms with E-state index in [2.05, 4.69) is 12.3 Å². The summed E-state index contributed by atoms with van der Waals surface area (Å²) in [5, 5.41) is 0. The molecule has 0 radical (unpaired) electrons. The Labute approximate surface area is 128 Å². The molecule has 1 unspecified atom stereocenters. The lowest BCUT2D eigenvalue weighted by atomic mass is 9.76. The Bertz CT molecular complexity index is 442. The van der Waals surface area contributed by atoms with Crippen molar-refractivity contribution in [3.05, 3.63) is 23.8 Å². The second-order valence-electron chi connectivity index (χ2n) is 5.94. The van der Waals surface area contributed by atoms with Gasteiger partial charge < -0.3 is 9.47 Å². The van der Waals surface area contributed by atoms with E-state index < -0.39 is 0 Å². The molecule has 2 rings (SSSR count). The second-order valence-corrected chi connectivity index (χ2v) is 5.94. The van der Waals surface area contributed by atoms with Gasteiger partial charge in [-0.1, -0.05) is 26.2 Å². The highest BCUT2D eigenvalue weighted by atomic mass is 16.5. The summed E-state index contributed by atoms with van der Waals surface area (Å²) in [5.41, 5.74) is 4.11. The zero-order valence-corrected chi connectivity index (χ0v) is 13.4. The summed E-state index contributed by atoms with van der Waals surface area (Å²) in [6, 6.07) is 6.03. The predicted octanol–water partition coefficient (Wildman–Crippen LogP) is 3.42. The number of hydrogen-bond donors (Lipinski definition) is 2. The van der Waals surface area contributed by atoms with Gasteiger partial charge in [0.25, 0.3) is 0 Å². The predicted molar refractivity (Wildman–Crippen MR) is 85.3 cm³/mol. The summed E-state index contributed by atoms with van der Waals surface area (Å²) in [7, 11) is 3.38. The van der Waals surface area contributed by atoms with E-state index in [0.29, 0.717) is 5.92 Å². The van der Waals surface area contributed by atoms with Crippen LogP contribution in [-0.2, 0) is 0 Å². The van der Waals surface area contributed by atoms with Crippen LogP contribution in [0, 0.1) is 11.8 Å². The molecule has 4 heteroatoms. The van der Waals surface area contributed by atoms with E-state index in [-0.39, 0.29) is 6.04 Å². The lowest BCUT2D eigenvalue weighted by Gasteiger charge is -2.34. The van der Waals surface area contributed by atoms with E-state index in [1.54, 1.807) is 14.2 Å². The van der Waals surface area contributed by atoms with Gasteiger partial charge in [0.2, 0.25) is 0 Å². The molecule has 1 saturated carbocycles. The average Bonchev–Trinajstić information content (AvgIpc) is 2.56. The minimum Gasteiger partial charge on any atom is -0.497 e. The first-order valence-corrected chi connectivity index (χ1v) is 7.91. The van der Waals surface area contributed by atoms with Crippen LogP contribution in [0.25, 0.3) is 0 Å². The molecule has 4 nitrogen and oxygen atoms in total. The third-order valence-corrected chi connectivity index (χ3v) is 4.89. The quantitative estimate of drug-likeness (QED) is 0.623. The maximum atomic E-state index is 5.87. The van der Waals surface area contributed by atoms with Crippen LogP contribution in [0.3, 0.4) is 0 Å². The highest BCUT2D eigenvalue weighted by molar-refractivity contribution is 5.42. The molecule has 1 aromatic rings. The lowest BCUT2D eigenvalue weighted by Crippen LogP contribution is -2.35. The summed E-state index contributed by atoms with van der Waals surface area (Å²) in [6.07, 6.45) is 6.31. The second kappa shape index (κ2) is 7.66. The van der Waals surface area contributed by atoms with Gasteiger partial charge in [-0.05, 0) is 42.9 Å². The first kappa shape index (κ1) is 16.1. The van der Waals surface area contributed by atoms with Gasteiger partial charge in [-0.25, -0.2) is 0 Å². The van der Waals surface area contributed by atoms with Crippen LogP contribution in [0.4, 0.5) is 0 Å².